The lowest BCUT2D eigenvalue weighted by Crippen LogP contribution is -2.47. The van der Waals surface area contributed by atoms with E-state index in [0.717, 1.165) is 89.9 Å². The topological polar surface area (TPSA) is 111 Å². The fourth-order valence-corrected chi connectivity index (χ4v) is 8.87. The largest absolute Gasteiger partial charge is 0.472 e. The first-order valence-corrected chi connectivity index (χ1v) is 31.6. The van der Waals surface area contributed by atoms with Crippen molar-refractivity contribution < 1.29 is 37.3 Å². The molecule has 0 aromatic heterocycles. The van der Waals surface area contributed by atoms with E-state index in [0.29, 0.717) is 17.4 Å². The first kappa shape index (κ1) is 70.9. The van der Waals surface area contributed by atoms with E-state index >= 15 is 0 Å². The number of quaternary nitrogens is 1. The Morgan fingerprint density at radius 2 is 0.878 bits per heavy atom. The summed E-state index contributed by atoms with van der Waals surface area (Å²) in [5.41, 5.74) is 0. The lowest BCUT2D eigenvalue weighted by molar-refractivity contribution is -0.870. The SMILES string of the molecule is CC/C=C/C/C=C/C/C=C/C/C=C/C/C=C/CCC(=O)NC(COP(=O)(O)OCC[N+](C)(C)C)C(/C=C/CCCCCCCCCCCCC)OC(=O)CCCCCCCCCCC/C=C\C/C=C\CCCCC. The fraction of sp³-hybridized carbons (Fsp3) is 0.719. The quantitative estimate of drug-likeness (QED) is 0.0205. The molecule has 0 rings (SSSR count). The maximum atomic E-state index is 13.5. The number of ether oxygens (including phenoxy) is 1. The van der Waals surface area contributed by atoms with Crippen LogP contribution in [0.4, 0.5) is 0 Å². The summed E-state index contributed by atoms with van der Waals surface area (Å²) < 4.78 is 30.6. The Kier molecular flexibility index (Phi) is 51.1. The molecule has 9 nitrogen and oxygen atoms in total. The van der Waals surface area contributed by atoms with E-state index in [1.165, 1.54) is 116 Å². The smallest absolute Gasteiger partial charge is 0.456 e. The molecule has 74 heavy (non-hydrogen) atoms. The van der Waals surface area contributed by atoms with Gasteiger partial charge in [-0.3, -0.25) is 18.6 Å². The summed E-state index contributed by atoms with van der Waals surface area (Å²) in [6.07, 6.45) is 71.3. The van der Waals surface area contributed by atoms with Crippen molar-refractivity contribution >= 4 is 19.7 Å². The van der Waals surface area contributed by atoms with Crippen molar-refractivity contribution in [3.63, 3.8) is 0 Å². The summed E-state index contributed by atoms with van der Waals surface area (Å²) in [4.78, 5) is 37.6. The van der Waals surface area contributed by atoms with Crippen LogP contribution >= 0.6 is 7.82 Å². The van der Waals surface area contributed by atoms with Crippen LogP contribution in [-0.4, -0.2) is 74.3 Å². The van der Waals surface area contributed by atoms with Gasteiger partial charge in [0.25, 0.3) is 0 Å². The number of rotatable bonds is 53. The third kappa shape index (κ3) is 53.7. The molecule has 0 aromatic rings. The molecule has 3 unspecified atom stereocenters. The molecular weight excluding hydrogens is 940 g/mol. The molecule has 0 saturated heterocycles. The predicted octanol–water partition coefficient (Wildman–Crippen LogP) is 18.4. The predicted molar refractivity (Wildman–Crippen MR) is 318 cm³/mol. The van der Waals surface area contributed by atoms with Gasteiger partial charge in [0.15, 0.2) is 0 Å². The highest BCUT2D eigenvalue weighted by Gasteiger charge is 2.30. The Morgan fingerprint density at radius 1 is 0.486 bits per heavy atom. The van der Waals surface area contributed by atoms with Crippen molar-refractivity contribution in [2.24, 2.45) is 0 Å². The molecule has 1 amide bonds. The van der Waals surface area contributed by atoms with Crippen molar-refractivity contribution in [2.75, 3.05) is 40.9 Å². The molecule has 0 aliphatic carbocycles. The third-order valence-corrected chi connectivity index (χ3v) is 13.8. The highest BCUT2D eigenvalue weighted by Crippen LogP contribution is 2.43. The highest BCUT2D eigenvalue weighted by molar-refractivity contribution is 7.47. The zero-order valence-corrected chi connectivity index (χ0v) is 49.4. The van der Waals surface area contributed by atoms with E-state index in [1.54, 1.807) is 0 Å². The molecule has 426 valence electrons. The minimum atomic E-state index is -4.47. The van der Waals surface area contributed by atoms with Gasteiger partial charge in [0, 0.05) is 12.8 Å². The maximum Gasteiger partial charge on any atom is 0.472 e. The summed E-state index contributed by atoms with van der Waals surface area (Å²) in [7, 11) is 1.44. The number of carbonyl (C=O) groups is 2. The third-order valence-electron chi connectivity index (χ3n) is 12.8. The number of hydrogen-bond acceptors (Lipinski definition) is 6. The zero-order valence-electron chi connectivity index (χ0n) is 48.6. The number of nitrogens with one attached hydrogen (secondary N) is 1. The second-order valence-corrected chi connectivity index (χ2v) is 22.6. The Labute approximate surface area is 456 Å². The maximum absolute atomic E-state index is 13.5. The number of phosphoric ester groups is 1. The summed E-state index contributed by atoms with van der Waals surface area (Å²) in [6, 6.07) is -0.894. The van der Waals surface area contributed by atoms with Gasteiger partial charge < -0.3 is 19.4 Å². The van der Waals surface area contributed by atoms with Crippen LogP contribution in [0.25, 0.3) is 0 Å². The van der Waals surface area contributed by atoms with Crippen LogP contribution in [0, 0.1) is 0 Å². The van der Waals surface area contributed by atoms with Gasteiger partial charge in [-0.1, -0.05) is 234 Å². The van der Waals surface area contributed by atoms with Gasteiger partial charge in [0.05, 0.1) is 33.8 Å². The Bertz CT molecular complexity index is 1590. The molecule has 0 spiro atoms. The average Bonchev–Trinajstić information content (AvgIpc) is 3.36. The Balaban J connectivity index is 5.42. The van der Waals surface area contributed by atoms with Crippen LogP contribution in [0.3, 0.4) is 0 Å². The van der Waals surface area contributed by atoms with Crippen LogP contribution in [-0.2, 0) is 27.9 Å². The average molecular weight is 1050 g/mol. The van der Waals surface area contributed by atoms with E-state index in [-0.39, 0.29) is 37.9 Å². The molecule has 0 bridgehead atoms. The molecule has 0 aromatic carbocycles. The summed E-state index contributed by atoms with van der Waals surface area (Å²) in [5, 5.41) is 3.00. The molecule has 0 radical (unpaired) electrons. The van der Waals surface area contributed by atoms with Crippen LogP contribution in [0.1, 0.15) is 245 Å². The molecule has 10 heteroatoms. The van der Waals surface area contributed by atoms with Gasteiger partial charge in [0.2, 0.25) is 5.91 Å². The van der Waals surface area contributed by atoms with Gasteiger partial charge in [-0.25, -0.2) is 4.57 Å². The van der Waals surface area contributed by atoms with E-state index in [9.17, 15) is 19.0 Å². The minimum Gasteiger partial charge on any atom is -0.456 e. The van der Waals surface area contributed by atoms with Crippen molar-refractivity contribution in [1.82, 2.24) is 5.32 Å². The lowest BCUT2D eigenvalue weighted by Gasteiger charge is -2.27. The second-order valence-electron chi connectivity index (χ2n) is 21.1. The monoisotopic (exact) mass is 1050 g/mol. The number of allylic oxidation sites excluding steroid dienone is 15. The van der Waals surface area contributed by atoms with Crippen LogP contribution in [0.15, 0.2) is 97.2 Å². The normalized spacial score (nSPS) is 14.4. The molecule has 0 aliphatic rings. The van der Waals surface area contributed by atoms with Gasteiger partial charge in [-0.15, -0.1) is 0 Å². The Hall–Kier alpha value is -3.07. The van der Waals surface area contributed by atoms with E-state index in [4.69, 9.17) is 13.8 Å². The second kappa shape index (κ2) is 53.3. The van der Waals surface area contributed by atoms with Gasteiger partial charge in [-0.2, -0.15) is 0 Å². The standard InChI is InChI=1S/C64H113N2O7P/c1-7-10-13-16-19-22-25-28-30-32-33-34-36-39-42-45-48-51-54-57-64(68)73-62(55-52-49-46-43-40-37-27-24-21-18-15-12-9-3)61(60-72-74(69,70)71-59-58-66(4,5)6)65-63(67)56-53-50-47-44-41-38-35-31-29-26-23-20-17-14-11-8-2/h11,14,19-20,22-23,28-31,38,41,47,50,52,55,61-62H,7-10,12-13,15-18,21,24-27,32-37,39-40,42-46,48-49,51,53-54,56-60H2,1-6H3,(H-,65,67,69,70)/p+1/b14-11+,22-19-,23-20+,30-28-,31-29+,41-38+,50-47+,55-52+. The fourth-order valence-electron chi connectivity index (χ4n) is 8.13. The van der Waals surface area contributed by atoms with Crippen LogP contribution in [0.2, 0.25) is 0 Å². The van der Waals surface area contributed by atoms with Crippen molar-refractivity contribution in [3.8, 4) is 0 Å². The van der Waals surface area contributed by atoms with Crippen molar-refractivity contribution in [1.29, 1.82) is 0 Å². The number of hydrogen-bond donors (Lipinski definition) is 2. The summed E-state index contributed by atoms with van der Waals surface area (Å²) >= 11 is 0. The van der Waals surface area contributed by atoms with Crippen molar-refractivity contribution in [2.45, 2.75) is 258 Å². The van der Waals surface area contributed by atoms with Gasteiger partial charge in [0.1, 0.15) is 19.3 Å². The molecule has 2 N–H and O–H groups in total. The van der Waals surface area contributed by atoms with E-state index in [1.807, 2.05) is 39.4 Å². The van der Waals surface area contributed by atoms with Crippen molar-refractivity contribution in [3.05, 3.63) is 97.2 Å². The molecule has 3 atom stereocenters. The first-order valence-electron chi connectivity index (χ1n) is 30.1. The number of phosphoric acid groups is 1. The highest BCUT2D eigenvalue weighted by atomic mass is 31.2. The molecule has 0 heterocycles. The number of nitrogens with zero attached hydrogens (tertiary/aromatic N) is 1. The molecule has 0 fully saturated rings. The molecule has 0 aliphatic heterocycles. The van der Waals surface area contributed by atoms with Gasteiger partial charge in [-0.05, 0) is 96.0 Å². The molecule has 0 saturated carbocycles. The number of carbonyl (C=O) groups excluding carboxylic acids is 2. The number of likely N-dealkylation sites (N-methyl/N-ethyl adjacent to an activating group) is 1. The van der Waals surface area contributed by atoms with Crippen LogP contribution < -0.4 is 5.32 Å². The molecular formula is C64H114N2O7P+. The number of unbranched alkanes of at least 4 members (excludes halogenated alkanes) is 23. The lowest BCUT2D eigenvalue weighted by atomic mass is 10.0. The minimum absolute atomic E-state index is 0.0222. The van der Waals surface area contributed by atoms with E-state index < -0.39 is 20.0 Å². The van der Waals surface area contributed by atoms with Crippen LogP contribution in [0.5, 0.6) is 0 Å². The van der Waals surface area contributed by atoms with E-state index in [2.05, 4.69) is 105 Å². The summed E-state index contributed by atoms with van der Waals surface area (Å²) in [6.45, 7) is 6.81. The zero-order chi connectivity index (χ0) is 54.3. The number of amides is 1. The summed E-state index contributed by atoms with van der Waals surface area (Å²) in [5.74, 6) is -0.609. The first-order chi connectivity index (χ1) is 35.9. The number of esters is 1. The van der Waals surface area contributed by atoms with Gasteiger partial charge >= 0.3 is 13.8 Å². The Morgan fingerprint density at radius 3 is 1.35 bits per heavy atom.